The van der Waals surface area contributed by atoms with Crippen LogP contribution in [0.2, 0.25) is 0 Å². The molecule has 1 unspecified atom stereocenters. The van der Waals surface area contributed by atoms with Crippen molar-refractivity contribution in [2.45, 2.75) is 6.10 Å². The number of carbonyl (C=O) groups excluding carboxylic acids is 1. The molecule has 1 atom stereocenters. The lowest BCUT2D eigenvalue weighted by molar-refractivity contribution is 0.104. The smallest absolute Gasteiger partial charge is 0.407 e. The van der Waals surface area contributed by atoms with Crippen LogP contribution in [0.15, 0.2) is 22.7 Å². The number of hydrogen-bond acceptors (Lipinski definition) is 3. The van der Waals surface area contributed by atoms with Crippen molar-refractivity contribution in [3.05, 3.63) is 28.5 Å². The van der Waals surface area contributed by atoms with Crippen molar-refractivity contribution < 1.29 is 18.7 Å². The third kappa shape index (κ3) is 2.63. The van der Waals surface area contributed by atoms with E-state index in [-0.39, 0.29) is 18.5 Å². The first-order valence-corrected chi connectivity index (χ1v) is 5.47. The molecule has 0 bridgehead atoms. The number of ether oxygens (including phenoxy) is 2. The van der Waals surface area contributed by atoms with Crippen molar-refractivity contribution in [2.75, 3.05) is 13.2 Å². The lowest BCUT2D eigenvalue weighted by Gasteiger charge is -2.11. The second kappa shape index (κ2) is 4.69. The number of carbonyl (C=O) groups is 1. The summed E-state index contributed by atoms with van der Waals surface area (Å²) in [6, 6.07) is 4.14. The molecule has 1 N–H and O–H groups in total. The predicted octanol–water partition coefficient (Wildman–Crippen LogP) is 2.08. The Kier molecular flexibility index (Phi) is 3.28. The van der Waals surface area contributed by atoms with Crippen LogP contribution in [0.1, 0.15) is 0 Å². The Labute approximate surface area is 99.9 Å². The number of cyclic esters (lactones) is 1. The summed E-state index contributed by atoms with van der Waals surface area (Å²) in [5, 5.41) is 2.52. The van der Waals surface area contributed by atoms with E-state index in [0.717, 1.165) is 0 Å². The number of alkyl carbamates (subject to hydrolysis) is 1. The summed E-state index contributed by atoms with van der Waals surface area (Å²) < 4.78 is 23.6. The Bertz CT molecular complexity index is 413. The zero-order chi connectivity index (χ0) is 11.5. The van der Waals surface area contributed by atoms with Gasteiger partial charge in [0.15, 0.2) is 6.10 Å². The van der Waals surface area contributed by atoms with E-state index in [4.69, 9.17) is 9.47 Å². The third-order valence-corrected chi connectivity index (χ3v) is 2.69. The second-order valence-electron chi connectivity index (χ2n) is 3.29. The number of nitrogens with one attached hydrogen (secondary N) is 1. The zero-order valence-electron chi connectivity index (χ0n) is 8.20. The van der Waals surface area contributed by atoms with Gasteiger partial charge < -0.3 is 14.8 Å². The first-order chi connectivity index (χ1) is 7.65. The fourth-order valence-corrected chi connectivity index (χ4v) is 1.77. The molecule has 1 heterocycles. The first-order valence-electron chi connectivity index (χ1n) is 4.67. The van der Waals surface area contributed by atoms with E-state index in [1.165, 1.54) is 18.2 Å². The maximum atomic E-state index is 12.8. The summed E-state index contributed by atoms with van der Waals surface area (Å²) in [5.74, 6) is 0.178. The summed E-state index contributed by atoms with van der Waals surface area (Å²) in [4.78, 5) is 10.7. The second-order valence-corrected chi connectivity index (χ2v) is 4.15. The molecule has 1 aromatic rings. The van der Waals surface area contributed by atoms with E-state index in [1.807, 2.05) is 0 Å². The Morgan fingerprint density at radius 1 is 1.62 bits per heavy atom. The molecule has 1 aromatic carbocycles. The Hall–Kier alpha value is -1.30. The minimum atomic E-state index is -0.438. The minimum Gasteiger partial charge on any atom is -0.488 e. The van der Waals surface area contributed by atoms with Crippen molar-refractivity contribution in [2.24, 2.45) is 0 Å². The quantitative estimate of drug-likeness (QED) is 0.927. The highest BCUT2D eigenvalue weighted by atomic mass is 79.9. The highest BCUT2D eigenvalue weighted by molar-refractivity contribution is 9.10. The minimum absolute atomic E-state index is 0.239. The van der Waals surface area contributed by atoms with Gasteiger partial charge in [0.1, 0.15) is 18.2 Å². The molecule has 1 amide bonds. The number of halogens is 2. The Balaban J connectivity index is 1.92. The average Bonchev–Trinajstić information content (AvgIpc) is 2.63. The number of rotatable bonds is 3. The molecular formula is C10H9BrFNO3. The number of benzene rings is 1. The molecule has 4 nitrogen and oxygen atoms in total. The fourth-order valence-electron chi connectivity index (χ4n) is 1.30. The van der Waals surface area contributed by atoms with Gasteiger partial charge in [0.2, 0.25) is 0 Å². The molecule has 1 aliphatic rings. The van der Waals surface area contributed by atoms with Gasteiger partial charge in [0, 0.05) is 0 Å². The van der Waals surface area contributed by atoms with E-state index in [2.05, 4.69) is 21.2 Å². The van der Waals surface area contributed by atoms with E-state index < -0.39 is 6.09 Å². The Morgan fingerprint density at radius 3 is 3.06 bits per heavy atom. The lowest BCUT2D eigenvalue weighted by atomic mass is 10.3. The van der Waals surface area contributed by atoms with Crippen LogP contribution in [0.25, 0.3) is 0 Å². The van der Waals surface area contributed by atoms with Gasteiger partial charge in [-0.15, -0.1) is 0 Å². The average molecular weight is 290 g/mol. The van der Waals surface area contributed by atoms with Crippen LogP contribution >= 0.6 is 15.9 Å². The molecule has 1 fully saturated rings. The summed E-state index contributed by atoms with van der Waals surface area (Å²) in [7, 11) is 0. The monoisotopic (exact) mass is 289 g/mol. The normalized spacial score (nSPS) is 19.1. The molecule has 1 saturated heterocycles. The van der Waals surface area contributed by atoms with Crippen LogP contribution in [-0.4, -0.2) is 25.3 Å². The standard InChI is InChI=1S/C10H9BrFNO3/c11-8-3-6(12)1-2-9(8)15-5-7-4-13-10(14)16-7/h1-3,7H,4-5H2,(H,13,14). The molecular weight excluding hydrogens is 281 g/mol. The number of amides is 1. The maximum Gasteiger partial charge on any atom is 0.407 e. The number of hydrogen-bond donors (Lipinski definition) is 1. The maximum absolute atomic E-state index is 12.8. The molecule has 0 aliphatic carbocycles. The van der Waals surface area contributed by atoms with Crippen LogP contribution in [-0.2, 0) is 4.74 Å². The van der Waals surface area contributed by atoms with Gasteiger partial charge in [-0.3, -0.25) is 0 Å². The van der Waals surface area contributed by atoms with E-state index in [9.17, 15) is 9.18 Å². The zero-order valence-corrected chi connectivity index (χ0v) is 9.79. The Morgan fingerprint density at radius 2 is 2.44 bits per heavy atom. The van der Waals surface area contributed by atoms with E-state index in [1.54, 1.807) is 0 Å². The van der Waals surface area contributed by atoms with Crippen molar-refractivity contribution in [3.63, 3.8) is 0 Å². The molecule has 2 rings (SSSR count). The van der Waals surface area contributed by atoms with Gasteiger partial charge in [-0.05, 0) is 34.1 Å². The van der Waals surface area contributed by atoms with Crippen LogP contribution in [0.4, 0.5) is 9.18 Å². The van der Waals surface area contributed by atoms with Crippen LogP contribution in [0.5, 0.6) is 5.75 Å². The highest BCUT2D eigenvalue weighted by Crippen LogP contribution is 2.25. The van der Waals surface area contributed by atoms with Crippen molar-refractivity contribution in [1.82, 2.24) is 5.32 Å². The first kappa shape index (κ1) is 11.2. The topological polar surface area (TPSA) is 47.6 Å². The lowest BCUT2D eigenvalue weighted by Crippen LogP contribution is -2.22. The van der Waals surface area contributed by atoms with E-state index in [0.29, 0.717) is 16.8 Å². The van der Waals surface area contributed by atoms with Gasteiger partial charge >= 0.3 is 6.09 Å². The molecule has 0 saturated carbocycles. The van der Waals surface area contributed by atoms with E-state index >= 15 is 0 Å². The molecule has 86 valence electrons. The molecule has 0 spiro atoms. The molecule has 6 heteroatoms. The predicted molar refractivity (Wildman–Crippen MR) is 57.9 cm³/mol. The third-order valence-electron chi connectivity index (χ3n) is 2.07. The highest BCUT2D eigenvalue weighted by Gasteiger charge is 2.23. The van der Waals surface area contributed by atoms with Gasteiger partial charge in [0.25, 0.3) is 0 Å². The molecule has 16 heavy (non-hydrogen) atoms. The van der Waals surface area contributed by atoms with Crippen LogP contribution in [0, 0.1) is 5.82 Å². The summed E-state index contributed by atoms with van der Waals surface area (Å²) in [6.07, 6.45) is -0.740. The van der Waals surface area contributed by atoms with Gasteiger partial charge in [0.05, 0.1) is 11.0 Å². The van der Waals surface area contributed by atoms with Crippen molar-refractivity contribution in [3.8, 4) is 5.75 Å². The van der Waals surface area contributed by atoms with Crippen LogP contribution < -0.4 is 10.1 Å². The molecule has 0 aromatic heterocycles. The summed E-state index contributed by atoms with van der Waals surface area (Å²) >= 11 is 3.18. The van der Waals surface area contributed by atoms with Gasteiger partial charge in [-0.2, -0.15) is 0 Å². The van der Waals surface area contributed by atoms with Crippen LogP contribution in [0.3, 0.4) is 0 Å². The van der Waals surface area contributed by atoms with Gasteiger partial charge in [-0.25, -0.2) is 9.18 Å². The summed E-state index contributed by atoms with van der Waals surface area (Å²) in [5.41, 5.74) is 0. The van der Waals surface area contributed by atoms with Crippen molar-refractivity contribution >= 4 is 22.0 Å². The summed E-state index contributed by atoms with van der Waals surface area (Å²) in [6.45, 7) is 0.667. The largest absolute Gasteiger partial charge is 0.488 e. The molecule has 1 aliphatic heterocycles. The van der Waals surface area contributed by atoms with Crippen molar-refractivity contribution in [1.29, 1.82) is 0 Å². The fraction of sp³-hybridized carbons (Fsp3) is 0.300. The van der Waals surface area contributed by atoms with Gasteiger partial charge in [-0.1, -0.05) is 0 Å². The SMILES string of the molecule is O=C1NCC(COc2ccc(F)cc2Br)O1. The molecule has 0 radical (unpaired) electrons.